The average Bonchev–Trinajstić information content (AvgIpc) is 3.52. The first-order chi connectivity index (χ1) is 18.4. The van der Waals surface area contributed by atoms with Crippen molar-refractivity contribution in [1.29, 1.82) is 0 Å². The van der Waals surface area contributed by atoms with Crippen molar-refractivity contribution in [1.82, 2.24) is 4.90 Å². The van der Waals surface area contributed by atoms with Gasteiger partial charge in [-0.3, -0.25) is 9.59 Å². The number of hydrogen-bond acceptors (Lipinski definition) is 8. The van der Waals surface area contributed by atoms with Gasteiger partial charge in [0.2, 0.25) is 0 Å². The number of carbonyl (C=O) groups is 2. The number of hydrogen-bond donors (Lipinski definition) is 1. The molecule has 0 aromatic heterocycles. The smallest absolute Gasteiger partial charge is 0.295 e. The van der Waals surface area contributed by atoms with Crippen molar-refractivity contribution in [3.63, 3.8) is 0 Å². The standard InChI is InChI=1S/C29H35NO8/c1-5-35-19-11-12-21(23(16-19)37-7-3)27(31)25-26(18-10-13-22(36-6-2)24(15-18)34-4)30(29(33)28(25)32)17-20-9-8-14-38-20/h10-13,15-16,20,26,31H,5-9,14,17H2,1-4H3/b27-25+. The maximum Gasteiger partial charge on any atom is 0.295 e. The Hall–Kier alpha value is -3.72. The molecule has 2 atom stereocenters. The van der Waals surface area contributed by atoms with Gasteiger partial charge in [0, 0.05) is 19.2 Å². The monoisotopic (exact) mass is 525 g/mol. The molecule has 2 aromatic rings. The molecule has 2 aliphatic rings. The van der Waals surface area contributed by atoms with E-state index in [2.05, 4.69) is 0 Å². The van der Waals surface area contributed by atoms with Gasteiger partial charge in [0.1, 0.15) is 17.3 Å². The molecule has 1 amide bonds. The Morgan fingerprint density at radius 3 is 2.37 bits per heavy atom. The van der Waals surface area contributed by atoms with Gasteiger partial charge in [-0.05, 0) is 63.4 Å². The zero-order chi connectivity index (χ0) is 27.2. The van der Waals surface area contributed by atoms with E-state index in [0.717, 1.165) is 12.8 Å². The number of carbonyl (C=O) groups excluding carboxylic acids is 2. The summed E-state index contributed by atoms with van der Waals surface area (Å²) in [5.41, 5.74) is 0.880. The summed E-state index contributed by atoms with van der Waals surface area (Å²) in [5, 5.41) is 11.6. The summed E-state index contributed by atoms with van der Waals surface area (Å²) in [6, 6.07) is 9.39. The molecule has 4 rings (SSSR count). The van der Waals surface area contributed by atoms with E-state index in [1.807, 2.05) is 20.8 Å². The van der Waals surface area contributed by atoms with Gasteiger partial charge in [-0.25, -0.2) is 0 Å². The molecule has 204 valence electrons. The fourth-order valence-corrected chi connectivity index (χ4v) is 4.93. The maximum atomic E-state index is 13.5. The summed E-state index contributed by atoms with van der Waals surface area (Å²) >= 11 is 0. The normalized spacial score (nSPS) is 20.6. The van der Waals surface area contributed by atoms with Gasteiger partial charge in [0.15, 0.2) is 11.5 Å². The lowest BCUT2D eigenvalue weighted by atomic mass is 9.94. The maximum absolute atomic E-state index is 13.5. The Kier molecular flexibility index (Phi) is 8.78. The van der Waals surface area contributed by atoms with Gasteiger partial charge >= 0.3 is 0 Å². The quantitative estimate of drug-likeness (QED) is 0.260. The van der Waals surface area contributed by atoms with Crippen LogP contribution >= 0.6 is 0 Å². The first-order valence-corrected chi connectivity index (χ1v) is 13.0. The molecule has 2 saturated heterocycles. The van der Waals surface area contributed by atoms with Gasteiger partial charge in [-0.2, -0.15) is 0 Å². The van der Waals surface area contributed by atoms with Crippen LogP contribution < -0.4 is 18.9 Å². The largest absolute Gasteiger partial charge is 0.507 e. The molecule has 0 saturated carbocycles. The third-order valence-corrected chi connectivity index (χ3v) is 6.59. The molecule has 9 heteroatoms. The molecule has 0 radical (unpaired) electrons. The van der Waals surface area contributed by atoms with Crippen LogP contribution in [0.5, 0.6) is 23.0 Å². The number of benzene rings is 2. The summed E-state index contributed by atoms with van der Waals surface area (Å²) in [5.74, 6) is 0.146. The minimum atomic E-state index is -0.857. The zero-order valence-electron chi connectivity index (χ0n) is 22.3. The molecule has 2 unspecified atom stereocenters. The van der Waals surface area contributed by atoms with Crippen LogP contribution in [-0.4, -0.2) is 67.9 Å². The summed E-state index contributed by atoms with van der Waals surface area (Å²) in [4.78, 5) is 28.3. The van der Waals surface area contributed by atoms with Gasteiger partial charge in [0.05, 0.1) is 50.2 Å². The van der Waals surface area contributed by atoms with Crippen LogP contribution in [0, 0.1) is 0 Å². The molecule has 2 heterocycles. The Labute approximate surface area is 222 Å². The minimum absolute atomic E-state index is 0.0238. The zero-order valence-corrected chi connectivity index (χ0v) is 22.3. The second kappa shape index (κ2) is 12.2. The van der Waals surface area contributed by atoms with Crippen molar-refractivity contribution in [2.24, 2.45) is 0 Å². The van der Waals surface area contributed by atoms with Crippen LogP contribution in [0.1, 0.15) is 50.8 Å². The number of ketones is 1. The van der Waals surface area contributed by atoms with Gasteiger partial charge in [-0.15, -0.1) is 0 Å². The number of aliphatic hydroxyl groups excluding tert-OH is 1. The highest BCUT2D eigenvalue weighted by molar-refractivity contribution is 6.46. The molecular formula is C29H35NO8. The predicted molar refractivity (Wildman–Crippen MR) is 141 cm³/mol. The number of Topliss-reactive ketones (excluding diaryl/α,β-unsaturated/α-hetero) is 1. The molecule has 2 aromatic carbocycles. The number of rotatable bonds is 11. The van der Waals surface area contributed by atoms with E-state index < -0.39 is 17.7 Å². The van der Waals surface area contributed by atoms with E-state index in [1.54, 1.807) is 36.4 Å². The number of ether oxygens (including phenoxy) is 5. The molecule has 1 N–H and O–H groups in total. The van der Waals surface area contributed by atoms with E-state index in [1.165, 1.54) is 12.0 Å². The fraction of sp³-hybridized carbons (Fsp3) is 0.448. The Morgan fingerprint density at radius 1 is 0.974 bits per heavy atom. The summed E-state index contributed by atoms with van der Waals surface area (Å²) in [6.07, 6.45) is 1.49. The van der Waals surface area contributed by atoms with Crippen LogP contribution in [0.3, 0.4) is 0 Å². The summed E-state index contributed by atoms with van der Waals surface area (Å²) < 4.78 is 28.3. The number of aliphatic hydroxyl groups is 1. The van der Waals surface area contributed by atoms with Crippen molar-refractivity contribution in [3.8, 4) is 23.0 Å². The number of methoxy groups -OCH3 is 1. The molecule has 0 aliphatic carbocycles. The third kappa shape index (κ3) is 5.43. The van der Waals surface area contributed by atoms with Crippen molar-refractivity contribution in [2.45, 2.75) is 45.8 Å². The first-order valence-electron chi connectivity index (χ1n) is 13.0. The second-order valence-electron chi connectivity index (χ2n) is 8.95. The van der Waals surface area contributed by atoms with Crippen LogP contribution in [0.25, 0.3) is 5.76 Å². The highest BCUT2D eigenvalue weighted by atomic mass is 16.5. The van der Waals surface area contributed by atoms with Crippen molar-refractivity contribution < 1.29 is 38.4 Å². The fourth-order valence-electron chi connectivity index (χ4n) is 4.93. The SMILES string of the molecule is CCOc1ccc(/C(O)=C2\C(=O)C(=O)N(CC3CCCO3)C2c2ccc(OCC)c(OC)c2)c(OCC)c1. The molecule has 2 fully saturated rings. The lowest BCUT2D eigenvalue weighted by Gasteiger charge is -2.28. The molecule has 38 heavy (non-hydrogen) atoms. The Morgan fingerprint density at radius 2 is 1.71 bits per heavy atom. The minimum Gasteiger partial charge on any atom is -0.507 e. The Bertz CT molecular complexity index is 1200. The molecule has 2 aliphatic heterocycles. The van der Waals surface area contributed by atoms with Crippen LogP contribution in [0.2, 0.25) is 0 Å². The Balaban J connectivity index is 1.87. The lowest BCUT2D eigenvalue weighted by molar-refractivity contribution is -0.140. The van der Waals surface area contributed by atoms with E-state index in [0.29, 0.717) is 60.6 Å². The topological polar surface area (TPSA) is 104 Å². The van der Waals surface area contributed by atoms with Crippen LogP contribution in [0.15, 0.2) is 42.0 Å². The first kappa shape index (κ1) is 27.3. The van der Waals surface area contributed by atoms with Gasteiger partial charge in [0.25, 0.3) is 11.7 Å². The van der Waals surface area contributed by atoms with Gasteiger partial charge in [-0.1, -0.05) is 6.07 Å². The van der Waals surface area contributed by atoms with Gasteiger partial charge < -0.3 is 33.7 Å². The number of likely N-dealkylation sites (tertiary alicyclic amines) is 1. The average molecular weight is 526 g/mol. The third-order valence-electron chi connectivity index (χ3n) is 6.59. The summed E-state index contributed by atoms with van der Waals surface area (Å²) in [7, 11) is 1.53. The summed E-state index contributed by atoms with van der Waals surface area (Å²) in [6.45, 7) is 7.65. The van der Waals surface area contributed by atoms with E-state index in [-0.39, 0.29) is 24.0 Å². The number of amides is 1. The molecule has 9 nitrogen and oxygen atoms in total. The predicted octanol–water partition coefficient (Wildman–Crippen LogP) is 4.49. The highest BCUT2D eigenvalue weighted by Crippen LogP contribution is 2.44. The highest BCUT2D eigenvalue weighted by Gasteiger charge is 2.47. The molecule has 0 bridgehead atoms. The molecular weight excluding hydrogens is 490 g/mol. The van der Waals surface area contributed by atoms with Crippen molar-refractivity contribution >= 4 is 17.4 Å². The molecule has 0 spiro atoms. The van der Waals surface area contributed by atoms with Crippen molar-refractivity contribution in [2.75, 3.05) is 40.1 Å². The van der Waals surface area contributed by atoms with Crippen LogP contribution in [0.4, 0.5) is 0 Å². The lowest BCUT2D eigenvalue weighted by Crippen LogP contribution is -2.36. The van der Waals surface area contributed by atoms with E-state index >= 15 is 0 Å². The van der Waals surface area contributed by atoms with Crippen LogP contribution in [-0.2, 0) is 14.3 Å². The van der Waals surface area contributed by atoms with E-state index in [4.69, 9.17) is 23.7 Å². The van der Waals surface area contributed by atoms with E-state index in [9.17, 15) is 14.7 Å². The second-order valence-corrected chi connectivity index (χ2v) is 8.95. The number of nitrogens with zero attached hydrogens (tertiary/aromatic N) is 1. The van der Waals surface area contributed by atoms with Crippen molar-refractivity contribution in [3.05, 3.63) is 53.1 Å².